The van der Waals surface area contributed by atoms with Crippen LogP contribution in [0.15, 0.2) is 4.99 Å². The number of amidine groups is 1. The van der Waals surface area contributed by atoms with Crippen molar-refractivity contribution in [2.75, 3.05) is 19.6 Å². The number of carboxylic acids is 1. The van der Waals surface area contributed by atoms with Gasteiger partial charge in [0.2, 0.25) is 5.91 Å². The second-order valence-corrected chi connectivity index (χ2v) is 10.1. The van der Waals surface area contributed by atoms with Crippen LogP contribution < -0.4 is 5.32 Å². The molecule has 7 nitrogen and oxygen atoms in total. The fourth-order valence-electron chi connectivity index (χ4n) is 3.26. The van der Waals surface area contributed by atoms with E-state index in [1.165, 1.54) is 23.5 Å². The Labute approximate surface area is 149 Å². The summed E-state index contributed by atoms with van der Waals surface area (Å²) in [5.74, 6) is -0.261. The van der Waals surface area contributed by atoms with Crippen LogP contribution in [0.3, 0.4) is 0 Å². The first kappa shape index (κ1) is 17.9. The molecule has 0 saturated carbocycles. The van der Waals surface area contributed by atoms with Gasteiger partial charge in [-0.05, 0) is 6.92 Å². The van der Waals surface area contributed by atoms with Crippen molar-refractivity contribution in [1.29, 1.82) is 0 Å². The smallest absolute Gasteiger partial charge is 0.332 e. The molecule has 5 atom stereocenters. The molecule has 134 valence electrons. The van der Waals surface area contributed by atoms with Crippen LogP contribution in [-0.4, -0.2) is 73.3 Å². The Morgan fingerprint density at radius 3 is 2.71 bits per heavy atom. The van der Waals surface area contributed by atoms with Gasteiger partial charge >= 0.3 is 5.97 Å². The lowest BCUT2D eigenvalue weighted by atomic mass is 9.93. The molecule has 24 heavy (non-hydrogen) atoms. The monoisotopic (exact) mass is 373 g/mol. The number of nitrogens with one attached hydrogen (secondary N) is 1. The molecule has 0 radical (unpaired) electrons. The predicted octanol–water partition coefficient (Wildman–Crippen LogP) is 0.439. The van der Waals surface area contributed by atoms with E-state index in [1.807, 2.05) is 0 Å². The summed E-state index contributed by atoms with van der Waals surface area (Å²) < 4.78 is -1.08. The first-order chi connectivity index (χ1) is 11.2. The number of hydrogen-bond donors (Lipinski definition) is 3. The number of amides is 1. The Kier molecular flexibility index (Phi) is 4.78. The van der Waals surface area contributed by atoms with Crippen molar-refractivity contribution < 1.29 is 19.8 Å². The number of carbonyl (C=O) groups excluding carboxylic acids is 1. The molecule has 4 unspecified atom stereocenters. The Morgan fingerprint density at radius 1 is 1.50 bits per heavy atom. The Hall–Kier alpha value is -0.930. The second-order valence-electron chi connectivity index (χ2n) is 6.80. The molecule has 0 aromatic heterocycles. The molecule has 0 aliphatic carbocycles. The van der Waals surface area contributed by atoms with Crippen molar-refractivity contribution in [3.63, 3.8) is 0 Å². The molecule has 3 aliphatic heterocycles. The second kappa shape index (κ2) is 6.42. The van der Waals surface area contributed by atoms with Gasteiger partial charge < -0.3 is 20.4 Å². The van der Waals surface area contributed by atoms with Crippen LogP contribution in [0.1, 0.15) is 20.8 Å². The number of fused-ring (bicyclic) bond motifs is 1. The van der Waals surface area contributed by atoms with Gasteiger partial charge in [0.05, 0.1) is 36.3 Å². The Morgan fingerprint density at radius 2 is 2.21 bits per heavy atom. The minimum atomic E-state index is -1.08. The number of nitrogens with zero attached hydrogens (tertiary/aromatic N) is 2. The summed E-state index contributed by atoms with van der Waals surface area (Å²) in [6.45, 7) is 7.16. The van der Waals surface area contributed by atoms with E-state index in [0.717, 1.165) is 5.84 Å². The largest absolute Gasteiger partial charge is 0.480 e. The molecule has 0 spiro atoms. The van der Waals surface area contributed by atoms with Crippen LogP contribution in [0.4, 0.5) is 0 Å². The molecular weight excluding hydrogens is 350 g/mol. The standard InChI is InChI=1S/C15H23N3O4S2/c1-7(2)11-16-4-9(5-17-11)23-15(14(21)22)6-18-12(20)10(8(3)19)13(18)24-15/h7-10,13,19H,4-6H2,1-3H3,(H,16,17)(H,21,22)/t8?,10?,13-,15?/m1/s1. The van der Waals surface area contributed by atoms with Crippen LogP contribution in [0.5, 0.6) is 0 Å². The topological polar surface area (TPSA) is 102 Å². The van der Waals surface area contributed by atoms with Crippen molar-refractivity contribution in [1.82, 2.24) is 10.2 Å². The Balaban J connectivity index is 1.71. The average Bonchev–Trinajstić information content (AvgIpc) is 2.83. The molecule has 9 heteroatoms. The van der Waals surface area contributed by atoms with Gasteiger partial charge in [0.1, 0.15) is 0 Å². The van der Waals surface area contributed by atoms with E-state index in [2.05, 4.69) is 24.2 Å². The number of rotatable bonds is 5. The number of aliphatic carboxylic acids is 1. The highest BCUT2D eigenvalue weighted by molar-refractivity contribution is 8.20. The summed E-state index contributed by atoms with van der Waals surface area (Å²) >= 11 is 2.67. The maximum absolute atomic E-state index is 12.1. The Bertz CT molecular complexity index is 583. The number of aliphatic hydroxyl groups is 1. The van der Waals surface area contributed by atoms with Gasteiger partial charge in [0.25, 0.3) is 0 Å². The van der Waals surface area contributed by atoms with Crippen molar-refractivity contribution in [2.24, 2.45) is 16.8 Å². The van der Waals surface area contributed by atoms with Gasteiger partial charge in [-0.2, -0.15) is 0 Å². The summed E-state index contributed by atoms with van der Waals surface area (Å²) in [5, 5.41) is 22.7. The third-order valence-corrected chi connectivity index (χ3v) is 7.98. The average molecular weight is 374 g/mol. The van der Waals surface area contributed by atoms with Gasteiger partial charge in [-0.15, -0.1) is 23.5 Å². The third-order valence-electron chi connectivity index (χ3n) is 4.60. The maximum Gasteiger partial charge on any atom is 0.332 e. The van der Waals surface area contributed by atoms with Crippen LogP contribution >= 0.6 is 23.5 Å². The fraction of sp³-hybridized carbons (Fsp3) is 0.800. The van der Waals surface area contributed by atoms with E-state index in [0.29, 0.717) is 19.0 Å². The zero-order valence-corrected chi connectivity index (χ0v) is 15.6. The van der Waals surface area contributed by atoms with E-state index in [-0.39, 0.29) is 23.1 Å². The van der Waals surface area contributed by atoms with Gasteiger partial charge in [-0.1, -0.05) is 13.8 Å². The van der Waals surface area contributed by atoms with Gasteiger partial charge in [0.15, 0.2) is 4.08 Å². The highest BCUT2D eigenvalue weighted by Crippen LogP contribution is 2.56. The first-order valence-electron chi connectivity index (χ1n) is 8.11. The minimum Gasteiger partial charge on any atom is -0.480 e. The van der Waals surface area contributed by atoms with Gasteiger partial charge in [0, 0.05) is 17.7 Å². The van der Waals surface area contributed by atoms with E-state index in [9.17, 15) is 19.8 Å². The molecule has 2 saturated heterocycles. The number of thioether (sulfide) groups is 2. The molecule has 0 aromatic carbocycles. The molecule has 3 heterocycles. The number of β-lactam (4-membered cyclic amide) rings is 1. The van der Waals surface area contributed by atoms with Crippen LogP contribution in [0.25, 0.3) is 0 Å². The third kappa shape index (κ3) is 2.90. The van der Waals surface area contributed by atoms with E-state index in [4.69, 9.17) is 0 Å². The van der Waals surface area contributed by atoms with Crippen LogP contribution in [0.2, 0.25) is 0 Å². The van der Waals surface area contributed by atoms with Crippen LogP contribution in [-0.2, 0) is 9.59 Å². The zero-order valence-electron chi connectivity index (χ0n) is 13.9. The molecule has 1 amide bonds. The molecule has 3 aliphatic rings. The van der Waals surface area contributed by atoms with E-state index in [1.54, 1.807) is 11.8 Å². The lowest BCUT2D eigenvalue weighted by Gasteiger charge is -2.42. The molecule has 3 N–H and O–H groups in total. The molecule has 0 bridgehead atoms. The number of carboxylic acid groups (broad SMARTS) is 1. The molecular formula is C15H23N3O4S2. The summed E-state index contributed by atoms with van der Waals surface area (Å²) in [5.41, 5.74) is 0. The van der Waals surface area contributed by atoms with Crippen molar-refractivity contribution >= 4 is 41.2 Å². The lowest BCUT2D eigenvalue weighted by molar-refractivity contribution is -0.155. The van der Waals surface area contributed by atoms with Crippen LogP contribution in [0, 0.1) is 11.8 Å². The quantitative estimate of drug-likeness (QED) is 0.601. The number of aliphatic hydroxyl groups excluding tert-OH is 1. The number of hydrogen-bond acceptors (Lipinski definition) is 7. The summed E-state index contributed by atoms with van der Waals surface area (Å²) in [6.07, 6.45) is -0.754. The van der Waals surface area contributed by atoms with Crippen molar-refractivity contribution in [3.05, 3.63) is 0 Å². The molecule has 3 rings (SSSR count). The summed E-state index contributed by atoms with van der Waals surface area (Å²) in [6, 6.07) is 0. The van der Waals surface area contributed by atoms with Crippen molar-refractivity contribution in [2.45, 2.75) is 41.6 Å². The summed E-state index contributed by atoms with van der Waals surface area (Å²) in [4.78, 5) is 30.2. The highest BCUT2D eigenvalue weighted by Gasteiger charge is 2.63. The predicted molar refractivity (Wildman–Crippen MR) is 95.2 cm³/mol. The summed E-state index contributed by atoms with van der Waals surface area (Å²) in [7, 11) is 0. The number of aliphatic imine (C=N–C) groups is 1. The van der Waals surface area contributed by atoms with Gasteiger partial charge in [-0.3, -0.25) is 9.79 Å². The minimum absolute atomic E-state index is 0.0508. The maximum atomic E-state index is 12.1. The number of carbonyl (C=O) groups is 2. The SMILES string of the molecule is CC(C)C1=NCC(SC2(C(=O)O)CN3C(=O)C(C(C)O)[C@H]3S2)CN1. The normalized spacial score (nSPS) is 36.7. The fourth-order valence-corrected chi connectivity index (χ4v) is 6.86. The van der Waals surface area contributed by atoms with Gasteiger partial charge in [-0.25, -0.2) is 4.79 Å². The van der Waals surface area contributed by atoms with E-state index < -0.39 is 22.1 Å². The zero-order chi connectivity index (χ0) is 17.6. The molecule has 0 aromatic rings. The highest BCUT2D eigenvalue weighted by atomic mass is 32.2. The lowest BCUT2D eigenvalue weighted by Crippen LogP contribution is -2.60. The van der Waals surface area contributed by atoms with Crippen molar-refractivity contribution in [3.8, 4) is 0 Å². The molecule has 2 fully saturated rings. The first-order valence-corrected chi connectivity index (χ1v) is 9.87. The van der Waals surface area contributed by atoms with E-state index >= 15 is 0 Å².